The van der Waals surface area contributed by atoms with Crippen molar-refractivity contribution in [1.82, 2.24) is 4.57 Å². The molecule has 0 unspecified atom stereocenters. The number of phenolic OH excluding ortho intramolecular Hbond substituents is 1. The molecule has 0 radical (unpaired) electrons. The van der Waals surface area contributed by atoms with Gasteiger partial charge < -0.3 is 14.8 Å². The van der Waals surface area contributed by atoms with Crippen molar-refractivity contribution in [1.29, 1.82) is 0 Å². The van der Waals surface area contributed by atoms with Gasteiger partial charge in [-0.3, -0.25) is 4.79 Å². The Balaban J connectivity index is 2.45. The Morgan fingerprint density at radius 1 is 1.16 bits per heavy atom. The molecule has 0 aliphatic heterocycles. The summed E-state index contributed by atoms with van der Waals surface area (Å²) in [5.74, 6) is -1.09. The third-order valence-corrected chi connectivity index (χ3v) is 2.90. The lowest BCUT2D eigenvalue weighted by Crippen LogP contribution is -2.28. The third-order valence-electron chi connectivity index (χ3n) is 2.90. The van der Waals surface area contributed by atoms with Gasteiger partial charge in [-0.05, 0) is 36.8 Å². The second-order valence-electron chi connectivity index (χ2n) is 4.25. The molecule has 2 N–H and O–H groups in total. The summed E-state index contributed by atoms with van der Waals surface area (Å²) < 4.78 is 1.40. The Kier molecular flexibility index (Phi) is 3.37. The molecule has 0 aliphatic rings. The second-order valence-corrected chi connectivity index (χ2v) is 4.25. The number of nitrogens with zero attached hydrogens (tertiary/aromatic N) is 1. The van der Waals surface area contributed by atoms with E-state index in [0.29, 0.717) is 5.69 Å². The maximum absolute atomic E-state index is 12.0. The van der Waals surface area contributed by atoms with E-state index >= 15 is 0 Å². The number of rotatable bonds is 3. The van der Waals surface area contributed by atoms with Gasteiger partial charge in [0.25, 0.3) is 5.56 Å². The van der Waals surface area contributed by atoms with Crippen LogP contribution in [0.4, 0.5) is 0 Å². The van der Waals surface area contributed by atoms with E-state index in [1.807, 2.05) is 0 Å². The van der Waals surface area contributed by atoms with Crippen molar-refractivity contribution >= 4 is 5.97 Å². The van der Waals surface area contributed by atoms with Gasteiger partial charge in [-0.25, -0.2) is 4.79 Å². The molecule has 0 atom stereocenters. The smallest absolute Gasteiger partial charge is 0.341 e. The van der Waals surface area contributed by atoms with E-state index < -0.39 is 11.5 Å². The second kappa shape index (κ2) is 4.97. The number of benzene rings is 1. The van der Waals surface area contributed by atoms with Crippen LogP contribution < -0.4 is 5.56 Å². The van der Waals surface area contributed by atoms with E-state index in [-0.39, 0.29) is 17.9 Å². The summed E-state index contributed by atoms with van der Waals surface area (Å²) in [6, 6.07) is 9.34. The van der Waals surface area contributed by atoms with Crippen molar-refractivity contribution < 1.29 is 15.0 Å². The molecule has 1 aromatic carbocycles. The fraction of sp³-hybridized carbons (Fsp3) is 0.143. The van der Waals surface area contributed by atoms with E-state index in [0.717, 1.165) is 5.56 Å². The highest BCUT2D eigenvalue weighted by atomic mass is 16.4. The average molecular weight is 259 g/mol. The Labute approximate surface area is 109 Å². The average Bonchev–Trinajstić information content (AvgIpc) is 2.36. The van der Waals surface area contributed by atoms with Gasteiger partial charge in [-0.1, -0.05) is 12.1 Å². The minimum atomic E-state index is -1.23. The van der Waals surface area contributed by atoms with E-state index in [2.05, 4.69) is 0 Å². The summed E-state index contributed by atoms with van der Waals surface area (Å²) >= 11 is 0. The normalized spacial score (nSPS) is 10.4. The van der Waals surface area contributed by atoms with Gasteiger partial charge in [0, 0.05) is 5.69 Å². The van der Waals surface area contributed by atoms with Crippen molar-refractivity contribution in [2.75, 3.05) is 0 Å². The number of aromatic nitrogens is 1. The molecule has 1 heterocycles. The molecule has 2 rings (SSSR count). The van der Waals surface area contributed by atoms with Crippen LogP contribution in [-0.4, -0.2) is 20.7 Å². The number of carboxylic acid groups (broad SMARTS) is 1. The predicted molar refractivity (Wildman–Crippen MR) is 69.6 cm³/mol. The Hall–Kier alpha value is -2.56. The molecular formula is C14H13NO4. The molecule has 5 heteroatoms. The largest absolute Gasteiger partial charge is 0.508 e. The van der Waals surface area contributed by atoms with Crippen LogP contribution in [0.2, 0.25) is 0 Å². The summed E-state index contributed by atoms with van der Waals surface area (Å²) in [5.41, 5.74) is 0.721. The molecule has 5 nitrogen and oxygen atoms in total. The Morgan fingerprint density at radius 2 is 1.79 bits per heavy atom. The number of phenols is 1. The van der Waals surface area contributed by atoms with E-state index in [1.165, 1.54) is 22.8 Å². The Bertz CT molecular complexity index is 671. The fourth-order valence-corrected chi connectivity index (χ4v) is 1.81. The quantitative estimate of drug-likeness (QED) is 0.877. The van der Waals surface area contributed by atoms with Gasteiger partial charge in [0.1, 0.15) is 11.3 Å². The SMILES string of the molecule is Cc1ccc(C(=O)O)c(=O)n1Cc1ccc(O)cc1. The van der Waals surface area contributed by atoms with Crippen molar-refractivity contribution in [2.24, 2.45) is 0 Å². The monoisotopic (exact) mass is 259 g/mol. The van der Waals surface area contributed by atoms with Gasteiger partial charge in [-0.15, -0.1) is 0 Å². The molecule has 0 saturated heterocycles. The van der Waals surface area contributed by atoms with Crippen molar-refractivity contribution in [3.63, 3.8) is 0 Å². The minimum absolute atomic E-state index is 0.145. The standard InChI is InChI=1S/C14H13NO4/c1-9-2-7-12(14(18)19)13(17)15(9)8-10-3-5-11(16)6-4-10/h2-7,16H,8H2,1H3,(H,18,19). The zero-order valence-electron chi connectivity index (χ0n) is 10.3. The highest BCUT2D eigenvalue weighted by Gasteiger charge is 2.12. The maximum Gasteiger partial charge on any atom is 0.341 e. The minimum Gasteiger partial charge on any atom is -0.508 e. The van der Waals surface area contributed by atoms with E-state index in [9.17, 15) is 14.7 Å². The summed E-state index contributed by atoms with van der Waals surface area (Å²) in [5, 5.41) is 18.1. The van der Waals surface area contributed by atoms with Crippen LogP contribution in [0.5, 0.6) is 5.75 Å². The van der Waals surface area contributed by atoms with E-state index in [1.54, 1.807) is 25.1 Å². The topological polar surface area (TPSA) is 79.5 Å². The molecule has 19 heavy (non-hydrogen) atoms. The lowest BCUT2D eigenvalue weighted by Gasteiger charge is -2.10. The highest BCUT2D eigenvalue weighted by Crippen LogP contribution is 2.11. The third kappa shape index (κ3) is 2.65. The van der Waals surface area contributed by atoms with Gasteiger partial charge in [-0.2, -0.15) is 0 Å². The van der Waals surface area contributed by atoms with Crippen LogP contribution in [0, 0.1) is 6.92 Å². The van der Waals surface area contributed by atoms with Crippen LogP contribution in [-0.2, 0) is 6.54 Å². The molecular weight excluding hydrogens is 246 g/mol. The number of aromatic carboxylic acids is 1. The first-order chi connectivity index (χ1) is 8.99. The molecule has 0 saturated carbocycles. The first-order valence-electron chi connectivity index (χ1n) is 5.70. The summed E-state index contributed by atoms with van der Waals surface area (Å²) in [4.78, 5) is 23.0. The number of hydrogen-bond acceptors (Lipinski definition) is 3. The van der Waals surface area contributed by atoms with Gasteiger partial charge in [0.15, 0.2) is 0 Å². The van der Waals surface area contributed by atoms with Crippen molar-refractivity contribution in [3.8, 4) is 5.75 Å². The molecule has 0 bridgehead atoms. The summed E-state index contributed by atoms with van der Waals surface area (Å²) in [6.07, 6.45) is 0. The number of hydrogen-bond donors (Lipinski definition) is 2. The lowest BCUT2D eigenvalue weighted by molar-refractivity contribution is 0.0694. The predicted octanol–water partition coefficient (Wildman–Crippen LogP) is 1.61. The first kappa shape index (κ1) is 12.9. The summed E-state index contributed by atoms with van der Waals surface area (Å²) in [6.45, 7) is 2.01. The number of pyridine rings is 1. The number of carboxylic acids is 1. The molecule has 2 aromatic rings. The fourth-order valence-electron chi connectivity index (χ4n) is 1.81. The molecule has 0 fully saturated rings. The van der Waals surface area contributed by atoms with Crippen LogP contribution in [0.25, 0.3) is 0 Å². The summed E-state index contributed by atoms with van der Waals surface area (Å²) in [7, 11) is 0. The first-order valence-corrected chi connectivity index (χ1v) is 5.70. The molecule has 0 aliphatic carbocycles. The zero-order valence-corrected chi connectivity index (χ0v) is 10.3. The number of carbonyl (C=O) groups is 1. The van der Waals surface area contributed by atoms with Crippen LogP contribution in [0.3, 0.4) is 0 Å². The molecule has 0 amide bonds. The van der Waals surface area contributed by atoms with Crippen LogP contribution >= 0.6 is 0 Å². The number of aromatic hydroxyl groups is 1. The van der Waals surface area contributed by atoms with Gasteiger partial charge in [0.05, 0.1) is 6.54 Å². The molecule has 1 aromatic heterocycles. The lowest BCUT2D eigenvalue weighted by atomic mass is 10.2. The molecule has 98 valence electrons. The highest BCUT2D eigenvalue weighted by molar-refractivity contribution is 5.87. The van der Waals surface area contributed by atoms with Crippen molar-refractivity contribution in [3.05, 3.63) is 63.6 Å². The van der Waals surface area contributed by atoms with Crippen LogP contribution in [0.15, 0.2) is 41.2 Å². The zero-order chi connectivity index (χ0) is 14.0. The van der Waals surface area contributed by atoms with Gasteiger partial charge >= 0.3 is 5.97 Å². The molecule has 0 spiro atoms. The Morgan fingerprint density at radius 3 is 2.37 bits per heavy atom. The van der Waals surface area contributed by atoms with Crippen molar-refractivity contribution in [2.45, 2.75) is 13.5 Å². The number of aryl methyl sites for hydroxylation is 1. The van der Waals surface area contributed by atoms with Gasteiger partial charge in [0.2, 0.25) is 0 Å². The van der Waals surface area contributed by atoms with Crippen LogP contribution in [0.1, 0.15) is 21.6 Å². The maximum atomic E-state index is 12.0. The van der Waals surface area contributed by atoms with E-state index in [4.69, 9.17) is 5.11 Å².